The van der Waals surface area contributed by atoms with Crippen molar-refractivity contribution in [3.05, 3.63) is 44.9 Å². The molecule has 0 atom stereocenters. The van der Waals surface area contributed by atoms with Gasteiger partial charge in [0.25, 0.3) is 11.8 Å². The van der Waals surface area contributed by atoms with Gasteiger partial charge in [0, 0.05) is 36.6 Å². The zero-order valence-corrected chi connectivity index (χ0v) is 15.8. The Morgan fingerprint density at radius 1 is 1.20 bits per heavy atom. The van der Waals surface area contributed by atoms with Crippen LogP contribution in [0.25, 0.3) is 0 Å². The largest absolute Gasteiger partial charge is 0.335 e. The van der Waals surface area contributed by atoms with E-state index in [0.717, 1.165) is 13.1 Å². The van der Waals surface area contributed by atoms with Gasteiger partial charge in [-0.15, -0.1) is 11.3 Å². The number of piperazine rings is 1. The van der Waals surface area contributed by atoms with Gasteiger partial charge < -0.3 is 9.80 Å². The molecule has 2 aromatic rings. The molecule has 0 bridgehead atoms. The van der Waals surface area contributed by atoms with Gasteiger partial charge in [-0.3, -0.25) is 14.9 Å². The van der Waals surface area contributed by atoms with Crippen LogP contribution in [0.15, 0.2) is 23.6 Å². The molecule has 9 heteroatoms. The second-order valence-electron chi connectivity index (χ2n) is 5.71. The van der Waals surface area contributed by atoms with E-state index in [0.29, 0.717) is 34.5 Å². The molecule has 1 fully saturated rings. The van der Waals surface area contributed by atoms with Gasteiger partial charge in [0.1, 0.15) is 5.69 Å². The molecule has 132 valence electrons. The highest BCUT2D eigenvalue weighted by Crippen LogP contribution is 2.23. The normalized spacial score (nSPS) is 15.2. The van der Waals surface area contributed by atoms with Crippen molar-refractivity contribution in [3.63, 3.8) is 0 Å². The van der Waals surface area contributed by atoms with E-state index >= 15 is 0 Å². The van der Waals surface area contributed by atoms with Crippen molar-refractivity contribution in [2.24, 2.45) is 0 Å². The number of benzene rings is 1. The number of carbonyl (C=O) groups excluding carboxylic acids is 2. The van der Waals surface area contributed by atoms with Gasteiger partial charge in [-0.05, 0) is 25.2 Å². The monoisotopic (exact) mass is 398 g/mol. The molecule has 2 amide bonds. The van der Waals surface area contributed by atoms with Gasteiger partial charge in [0.2, 0.25) is 0 Å². The Morgan fingerprint density at radius 2 is 1.92 bits per heavy atom. The fourth-order valence-electron chi connectivity index (χ4n) is 2.44. The molecule has 1 aliphatic heterocycles. The van der Waals surface area contributed by atoms with Crippen molar-refractivity contribution in [1.82, 2.24) is 14.8 Å². The molecule has 25 heavy (non-hydrogen) atoms. The predicted octanol–water partition coefficient (Wildman–Crippen LogP) is 3.09. The van der Waals surface area contributed by atoms with Crippen LogP contribution in [0.2, 0.25) is 10.0 Å². The molecule has 2 heterocycles. The summed E-state index contributed by atoms with van der Waals surface area (Å²) in [6.07, 6.45) is 0. The average molecular weight is 399 g/mol. The van der Waals surface area contributed by atoms with Crippen LogP contribution < -0.4 is 5.32 Å². The smallest absolute Gasteiger partial charge is 0.273 e. The van der Waals surface area contributed by atoms with E-state index in [1.165, 1.54) is 17.4 Å². The van der Waals surface area contributed by atoms with Crippen LogP contribution in [0.5, 0.6) is 0 Å². The minimum atomic E-state index is -0.394. The molecule has 1 saturated heterocycles. The minimum Gasteiger partial charge on any atom is -0.335 e. The van der Waals surface area contributed by atoms with E-state index in [-0.39, 0.29) is 10.9 Å². The van der Waals surface area contributed by atoms with Gasteiger partial charge in [-0.1, -0.05) is 23.2 Å². The third-order valence-corrected chi connectivity index (χ3v) is 5.22. The number of rotatable bonds is 3. The van der Waals surface area contributed by atoms with E-state index in [1.807, 2.05) is 7.05 Å². The standard InChI is InChI=1S/C16H16Cl2N4O2S/c1-21-4-6-22(7-5-21)15(24)13-9-25-16(19-13)20-14(23)11-3-2-10(17)8-12(11)18/h2-3,8-9H,4-7H2,1H3,(H,19,20,23). The number of hydrogen-bond donors (Lipinski definition) is 1. The number of hydrogen-bond acceptors (Lipinski definition) is 5. The zero-order valence-electron chi connectivity index (χ0n) is 13.5. The molecular formula is C16H16Cl2N4O2S. The molecule has 0 saturated carbocycles. The van der Waals surface area contributed by atoms with Crippen LogP contribution in [0.1, 0.15) is 20.8 Å². The van der Waals surface area contributed by atoms with Crippen LogP contribution in [-0.2, 0) is 0 Å². The summed E-state index contributed by atoms with van der Waals surface area (Å²) >= 11 is 13.1. The molecule has 1 aromatic heterocycles. The Hall–Kier alpha value is -1.67. The van der Waals surface area contributed by atoms with E-state index in [2.05, 4.69) is 15.2 Å². The van der Waals surface area contributed by atoms with E-state index in [1.54, 1.807) is 22.4 Å². The number of halogens is 2. The van der Waals surface area contributed by atoms with Crippen molar-refractivity contribution in [1.29, 1.82) is 0 Å². The molecular weight excluding hydrogens is 383 g/mol. The molecule has 0 radical (unpaired) electrons. The lowest BCUT2D eigenvalue weighted by atomic mass is 10.2. The summed E-state index contributed by atoms with van der Waals surface area (Å²) in [5.41, 5.74) is 0.639. The predicted molar refractivity (Wildman–Crippen MR) is 99.9 cm³/mol. The Kier molecular flexibility index (Phi) is 5.58. The highest BCUT2D eigenvalue weighted by molar-refractivity contribution is 7.14. The lowest BCUT2D eigenvalue weighted by Gasteiger charge is -2.31. The number of carbonyl (C=O) groups is 2. The van der Waals surface area contributed by atoms with Crippen molar-refractivity contribution in [2.45, 2.75) is 0 Å². The topological polar surface area (TPSA) is 65.5 Å². The number of aromatic nitrogens is 1. The number of anilines is 1. The van der Waals surface area contributed by atoms with Gasteiger partial charge in [-0.2, -0.15) is 0 Å². The van der Waals surface area contributed by atoms with Crippen molar-refractivity contribution in [2.75, 3.05) is 38.5 Å². The summed E-state index contributed by atoms with van der Waals surface area (Å²) in [7, 11) is 2.03. The molecule has 3 rings (SSSR count). The maximum Gasteiger partial charge on any atom is 0.273 e. The second kappa shape index (κ2) is 7.70. The SMILES string of the molecule is CN1CCN(C(=O)c2csc(NC(=O)c3ccc(Cl)cc3Cl)n2)CC1. The molecule has 6 nitrogen and oxygen atoms in total. The van der Waals surface area contributed by atoms with E-state index in [4.69, 9.17) is 23.2 Å². The fourth-order valence-corrected chi connectivity index (χ4v) is 3.61. The number of amides is 2. The molecule has 0 spiro atoms. The first-order chi connectivity index (χ1) is 11.9. The second-order valence-corrected chi connectivity index (χ2v) is 7.41. The van der Waals surface area contributed by atoms with E-state index < -0.39 is 5.91 Å². The molecule has 0 unspecified atom stereocenters. The summed E-state index contributed by atoms with van der Waals surface area (Å²) < 4.78 is 0. The Balaban J connectivity index is 1.67. The third-order valence-electron chi connectivity index (χ3n) is 3.91. The summed E-state index contributed by atoms with van der Waals surface area (Å²) in [5, 5.41) is 5.39. The Labute approximate surface area is 159 Å². The minimum absolute atomic E-state index is 0.116. The van der Waals surface area contributed by atoms with Crippen molar-refractivity contribution < 1.29 is 9.59 Å². The van der Waals surface area contributed by atoms with Crippen LogP contribution in [0, 0.1) is 0 Å². The summed E-state index contributed by atoms with van der Waals surface area (Å²) in [5.74, 6) is -0.510. The number of likely N-dealkylation sites (N-methyl/N-ethyl adjacent to an activating group) is 1. The Bertz CT molecular complexity index is 803. The first-order valence-electron chi connectivity index (χ1n) is 7.64. The highest BCUT2D eigenvalue weighted by atomic mass is 35.5. The maximum atomic E-state index is 12.5. The zero-order chi connectivity index (χ0) is 18.0. The number of nitrogens with zero attached hydrogens (tertiary/aromatic N) is 3. The summed E-state index contributed by atoms with van der Waals surface area (Å²) in [6.45, 7) is 3.03. The first-order valence-corrected chi connectivity index (χ1v) is 9.27. The number of nitrogens with one attached hydrogen (secondary N) is 1. The lowest BCUT2D eigenvalue weighted by Crippen LogP contribution is -2.47. The maximum absolute atomic E-state index is 12.5. The van der Waals surface area contributed by atoms with Crippen molar-refractivity contribution in [3.8, 4) is 0 Å². The number of thiazole rings is 1. The van der Waals surface area contributed by atoms with Crippen LogP contribution >= 0.6 is 34.5 Å². The fraction of sp³-hybridized carbons (Fsp3) is 0.312. The molecule has 1 aromatic carbocycles. The van der Waals surface area contributed by atoms with Gasteiger partial charge in [-0.25, -0.2) is 4.98 Å². The van der Waals surface area contributed by atoms with Crippen LogP contribution in [0.3, 0.4) is 0 Å². The van der Waals surface area contributed by atoms with Gasteiger partial charge >= 0.3 is 0 Å². The van der Waals surface area contributed by atoms with Crippen LogP contribution in [-0.4, -0.2) is 59.8 Å². The highest BCUT2D eigenvalue weighted by Gasteiger charge is 2.23. The summed E-state index contributed by atoms with van der Waals surface area (Å²) in [4.78, 5) is 32.9. The molecule has 0 aliphatic carbocycles. The third kappa shape index (κ3) is 4.30. The lowest BCUT2D eigenvalue weighted by molar-refractivity contribution is 0.0659. The van der Waals surface area contributed by atoms with Crippen LogP contribution in [0.4, 0.5) is 5.13 Å². The quantitative estimate of drug-likeness (QED) is 0.862. The van der Waals surface area contributed by atoms with Crippen molar-refractivity contribution >= 4 is 51.5 Å². The Morgan fingerprint density at radius 3 is 2.60 bits per heavy atom. The van der Waals surface area contributed by atoms with E-state index in [9.17, 15) is 9.59 Å². The molecule has 1 N–H and O–H groups in total. The first kappa shape index (κ1) is 18.1. The average Bonchev–Trinajstić information content (AvgIpc) is 3.03. The summed E-state index contributed by atoms with van der Waals surface area (Å²) in [6, 6.07) is 4.64. The van der Waals surface area contributed by atoms with Gasteiger partial charge in [0.15, 0.2) is 5.13 Å². The molecule has 1 aliphatic rings. The van der Waals surface area contributed by atoms with Gasteiger partial charge in [0.05, 0.1) is 10.6 Å².